The number of benzene rings is 1. The molecule has 1 saturated heterocycles. The zero-order chi connectivity index (χ0) is 17.5. The molecule has 1 aliphatic rings. The van der Waals surface area contributed by atoms with Gasteiger partial charge in [-0.05, 0) is 17.0 Å². The van der Waals surface area contributed by atoms with E-state index >= 15 is 0 Å². The van der Waals surface area contributed by atoms with Gasteiger partial charge in [0.15, 0.2) is 0 Å². The number of carbonyl (C=O) groups is 2. The number of hydrogen-bond donors (Lipinski definition) is 1. The van der Waals surface area contributed by atoms with Crippen molar-refractivity contribution < 1.29 is 19.4 Å². The first-order valence-electron chi connectivity index (χ1n) is 8.33. The third-order valence-corrected chi connectivity index (χ3v) is 4.10. The summed E-state index contributed by atoms with van der Waals surface area (Å²) >= 11 is 0. The summed E-state index contributed by atoms with van der Waals surface area (Å²) in [5.74, 6) is -0.396. The van der Waals surface area contributed by atoms with Crippen LogP contribution in [-0.4, -0.2) is 47.7 Å². The molecule has 1 unspecified atom stereocenters. The molecule has 1 fully saturated rings. The number of rotatable bonds is 6. The van der Waals surface area contributed by atoms with Crippen LogP contribution in [0, 0.1) is 0 Å². The topological polar surface area (TPSA) is 66.8 Å². The molecule has 1 heterocycles. The zero-order valence-electron chi connectivity index (χ0n) is 14.3. The molecule has 0 aromatic heterocycles. The van der Waals surface area contributed by atoms with Crippen molar-refractivity contribution in [2.45, 2.75) is 38.7 Å². The average Bonchev–Trinajstić information content (AvgIpc) is 2.55. The Morgan fingerprint density at radius 2 is 2.04 bits per heavy atom. The molecular formula is C19H25NO4. The Morgan fingerprint density at radius 3 is 2.67 bits per heavy atom. The van der Waals surface area contributed by atoms with Crippen LogP contribution in [0.5, 0.6) is 0 Å². The van der Waals surface area contributed by atoms with E-state index in [1.807, 2.05) is 24.3 Å². The average molecular weight is 331 g/mol. The molecule has 1 N–H and O–H groups in total. The first-order valence-corrected chi connectivity index (χ1v) is 8.33. The van der Waals surface area contributed by atoms with E-state index in [9.17, 15) is 9.59 Å². The highest BCUT2D eigenvalue weighted by Crippen LogP contribution is 2.16. The highest BCUT2D eigenvalue weighted by Gasteiger charge is 2.25. The summed E-state index contributed by atoms with van der Waals surface area (Å²) < 4.78 is 5.38. The molecule has 0 radical (unpaired) electrons. The number of ether oxygens (including phenoxy) is 1. The van der Waals surface area contributed by atoms with Crippen LogP contribution < -0.4 is 0 Å². The second kappa shape index (κ2) is 8.64. The van der Waals surface area contributed by atoms with E-state index in [0.29, 0.717) is 32.0 Å². The summed E-state index contributed by atoms with van der Waals surface area (Å²) in [5.41, 5.74) is 2.36. The van der Waals surface area contributed by atoms with Crippen LogP contribution in [-0.2, 0) is 14.3 Å². The monoisotopic (exact) mass is 331 g/mol. The summed E-state index contributed by atoms with van der Waals surface area (Å²) in [7, 11) is 0. The number of carboxylic acids is 1. The van der Waals surface area contributed by atoms with E-state index in [4.69, 9.17) is 9.84 Å². The first kappa shape index (κ1) is 18.2. The Bertz CT molecular complexity index is 592. The lowest BCUT2D eigenvalue weighted by Crippen LogP contribution is -2.46. The minimum atomic E-state index is -0.904. The van der Waals surface area contributed by atoms with E-state index in [1.165, 1.54) is 5.56 Å². The second-order valence-electron chi connectivity index (χ2n) is 6.36. The maximum atomic E-state index is 12.2. The highest BCUT2D eigenvalue weighted by atomic mass is 16.5. The van der Waals surface area contributed by atoms with Gasteiger partial charge >= 0.3 is 5.97 Å². The predicted octanol–water partition coefficient (Wildman–Crippen LogP) is 2.92. The highest BCUT2D eigenvalue weighted by molar-refractivity contribution is 5.79. The van der Waals surface area contributed by atoms with Crippen molar-refractivity contribution in [3.05, 3.63) is 41.5 Å². The number of morpholine rings is 1. The first-order chi connectivity index (χ1) is 11.5. The number of carbonyl (C=O) groups excluding carboxylic acids is 1. The summed E-state index contributed by atoms with van der Waals surface area (Å²) in [6.45, 7) is 5.57. The molecule has 0 aliphatic carbocycles. The molecule has 0 bridgehead atoms. The normalized spacial score (nSPS) is 18.3. The van der Waals surface area contributed by atoms with E-state index in [2.05, 4.69) is 26.0 Å². The predicted molar refractivity (Wildman–Crippen MR) is 92.8 cm³/mol. The number of hydrogen-bond acceptors (Lipinski definition) is 3. The fraction of sp³-hybridized carbons (Fsp3) is 0.474. The summed E-state index contributed by atoms with van der Waals surface area (Å²) in [5, 5.41) is 8.82. The van der Waals surface area contributed by atoms with Crippen molar-refractivity contribution in [3.63, 3.8) is 0 Å². The number of nitrogens with zero attached hydrogens (tertiary/aromatic N) is 1. The van der Waals surface area contributed by atoms with Crippen LogP contribution >= 0.6 is 0 Å². The fourth-order valence-corrected chi connectivity index (χ4v) is 2.68. The maximum absolute atomic E-state index is 12.2. The molecule has 1 aromatic rings. The molecular weight excluding hydrogens is 306 g/mol. The Morgan fingerprint density at radius 1 is 1.33 bits per heavy atom. The SMILES string of the molecule is CC(C)c1ccc(/C=C/CC(=O)N2CCOC(CC(=O)O)C2)cc1. The van der Waals surface area contributed by atoms with Crippen molar-refractivity contribution in [1.29, 1.82) is 0 Å². The maximum Gasteiger partial charge on any atom is 0.306 e. The van der Waals surface area contributed by atoms with Gasteiger partial charge in [-0.1, -0.05) is 50.3 Å². The molecule has 1 amide bonds. The largest absolute Gasteiger partial charge is 0.481 e. The van der Waals surface area contributed by atoms with Gasteiger partial charge in [0.25, 0.3) is 0 Å². The molecule has 0 spiro atoms. The van der Waals surface area contributed by atoms with E-state index in [0.717, 1.165) is 5.56 Å². The standard InChI is InChI=1S/C19H25NO4/c1-14(2)16-8-6-15(7-9-16)4-3-5-18(21)20-10-11-24-17(13-20)12-19(22)23/h3-4,6-9,14,17H,5,10-13H2,1-2H3,(H,22,23)/b4-3+. The minimum absolute atomic E-state index is 0.00346. The Balaban J connectivity index is 1.84. The zero-order valence-corrected chi connectivity index (χ0v) is 14.3. The Kier molecular flexibility index (Phi) is 6.55. The van der Waals surface area contributed by atoms with Gasteiger partial charge in [0.05, 0.1) is 19.1 Å². The third-order valence-electron chi connectivity index (χ3n) is 4.10. The van der Waals surface area contributed by atoms with E-state index < -0.39 is 12.1 Å². The van der Waals surface area contributed by atoms with Gasteiger partial charge in [-0.15, -0.1) is 0 Å². The number of aliphatic carboxylic acids is 1. The summed E-state index contributed by atoms with van der Waals surface area (Å²) in [4.78, 5) is 24.7. The molecule has 1 aromatic carbocycles. The van der Waals surface area contributed by atoms with Crippen molar-refractivity contribution in [2.75, 3.05) is 19.7 Å². The van der Waals surface area contributed by atoms with Gasteiger partial charge in [0.1, 0.15) is 0 Å². The quantitative estimate of drug-likeness (QED) is 0.870. The lowest BCUT2D eigenvalue weighted by molar-refractivity contribution is -0.147. The third kappa shape index (κ3) is 5.49. The molecule has 0 saturated carbocycles. The van der Waals surface area contributed by atoms with Crippen LogP contribution in [0.2, 0.25) is 0 Å². The number of carboxylic acid groups (broad SMARTS) is 1. The molecule has 24 heavy (non-hydrogen) atoms. The van der Waals surface area contributed by atoms with Gasteiger partial charge < -0.3 is 14.7 Å². The summed E-state index contributed by atoms with van der Waals surface area (Å²) in [6.07, 6.45) is 3.63. The van der Waals surface area contributed by atoms with Crippen molar-refractivity contribution >= 4 is 18.0 Å². The van der Waals surface area contributed by atoms with Crippen molar-refractivity contribution in [1.82, 2.24) is 4.90 Å². The summed E-state index contributed by atoms with van der Waals surface area (Å²) in [6, 6.07) is 8.30. The lowest BCUT2D eigenvalue weighted by Gasteiger charge is -2.32. The van der Waals surface area contributed by atoms with Crippen LogP contribution in [0.1, 0.15) is 43.7 Å². The van der Waals surface area contributed by atoms with Crippen LogP contribution in [0.3, 0.4) is 0 Å². The van der Waals surface area contributed by atoms with Gasteiger partial charge in [0, 0.05) is 19.5 Å². The van der Waals surface area contributed by atoms with Crippen LogP contribution in [0.25, 0.3) is 6.08 Å². The minimum Gasteiger partial charge on any atom is -0.481 e. The molecule has 2 rings (SSSR count). The van der Waals surface area contributed by atoms with E-state index in [-0.39, 0.29) is 12.3 Å². The smallest absolute Gasteiger partial charge is 0.306 e. The second-order valence-corrected chi connectivity index (χ2v) is 6.36. The van der Waals surface area contributed by atoms with Crippen molar-refractivity contribution in [2.24, 2.45) is 0 Å². The molecule has 130 valence electrons. The van der Waals surface area contributed by atoms with Crippen molar-refractivity contribution in [3.8, 4) is 0 Å². The number of amides is 1. The van der Waals surface area contributed by atoms with Gasteiger partial charge in [0.2, 0.25) is 5.91 Å². The Hall–Kier alpha value is -2.14. The van der Waals surface area contributed by atoms with Gasteiger partial charge in [-0.25, -0.2) is 0 Å². The molecule has 5 nitrogen and oxygen atoms in total. The van der Waals surface area contributed by atoms with Gasteiger partial charge in [-0.2, -0.15) is 0 Å². The molecule has 5 heteroatoms. The van der Waals surface area contributed by atoms with E-state index in [1.54, 1.807) is 4.90 Å². The van der Waals surface area contributed by atoms with Crippen LogP contribution in [0.4, 0.5) is 0 Å². The fourth-order valence-electron chi connectivity index (χ4n) is 2.68. The molecule has 1 atom stereocenters. The van der Waals surface area contributed by atoms with Crippen LogP contribution in [0.15, 0.2) is 30.3 Å². The molecule has 1 aliphatic heterocycles. The van der Waals surface area contributed by atoms with Gasteiger partial charge in [-0.3, -0.25) is 9.59 Å². The lowest BCUT2D eigenvalue weighted by atomic mass is 10.0. The Labute approximate surface area is 142 Å².